The van der Waals surface area contributed by atoms with Crippen molar-refractivity contribution in [1.82, 2.24) is 14.9 Å². The van der Waals surface area contributed by atoms with Gasteiger partial charge < -0.3 is 25.1 Å². The first kappa shape index (κ1) is 12.6. The molecule has 0 radical (unpaired) electrons. The van der Waals surface area contributed by atoms with E-state index in [-0.39, 0.29) is 18.8 Å². The highest BCUT2D eigenvalue weighted by atomic mass is 16.6. The number of aliphatic carboxylic acids is 1. The molecule has 0 aromatic carbocycles. The molecule has 1 amide bonds. The summed E-state index contributed by atoms with van der Waals surface area (Å²) in [6, 6.07) is 0. The third-order valence-corrected chi connectivity index (χ3v) is 1.84. The molecule has 0 unspecified atom stereocenters. The monoisotopic (exact) mass is 242 g/mol. The molecule has 0 aliphatic heterocycles. The van der Waals surface area contributed by atoms with Crippen molar-refractivity contribution in [2.24, 2.45) is 0 Å². The molecular weight excluding hydrogens is 232 g/mol. The molecule has 0 atom stereocenters. The first-order valence-corrected chi connectivity index (χ1v) is 4.63. The van der Waals surface area contributed by atoms with Crippen LogP contribution in [0.15, 0.2) is 12.5 Å². The number of hydrogen-bond acceptors (Lipinski definition) is 5. The summed E-state index contributed by atoms with van der Waals surface area (Å²) in [5.74, 6) is -1.86. The number of aromatic nitrogens is 2. The maximum Gasteiger partial charge on any atom is 0.381 e. The van der Waals surface area contributed by atoms with Crippen molar-refractivity contribution in [3.63, 3.8) is 0 Å². The highest BCUT2D eigenvalue weighted by molar-refractivity contribution is 5.80. The lowest BCUT2D eigenvalue weighted by Gasteiger charge is -2.01. The Kier molecular flexibility index (Phi) is 4.14. The Labute approximate surface area is 95.2 Å². The van der Waals surface area contributed by atoms with E-state index in [0.29, 0.717) is 0 Å². The lowest BCUT2D eigenvalue weighted by Crippen LogP contribution is -2.29. The first-order valence-electron chi connectivity index (χ1n) is 4.63. The molecule has 1 heterocycles. The first-order chi connectivity index (χ1) is 7.99. The second-order valence-electron chi connectivity index (χ2n) is 3.15. The quantitative estimate of drug-likeness (QED) is 0.505. The topological polar surface area (TPSA) is 127 Å². The van der Waals surface area contributed by atoms with Gasteiger partial charge in [-0.05, 0) is 9.91 Å². The van der Waals surface area contributed by atoms with E-state index in [1.165, 1.54) is 17.1 Å². The highest BCUT2D eigenvalue weighted by Crippen LogP contribution is 2.05. The van der Waals surface area contributed by atoms with Crippen molar-refractivity contribution in [3.05, 3.63) is 22.6 Å². The molecule has 0 fully saturated rings. The van der Waals surface area contributed by atoms with Crippen LogP contribution in [0.4, 0.5) is 5.82 Å². The number of carbonyl (C=O) groups excluding carboxylic acids is 1. The van der Waals surface area contributed by atoms with Crippen LogP contribution in [0.3, 0.4) is 0 Å². The van der Waals surface area contributed by atoms with Crippen LogP contribution >= 0.6 is 0 Å². The van der Waals surface area contributed by atoms with Gasteiger partial charge in [-0.1, -0.05) is 0 Å². The maximum absolute atomic E-state index is 11.1. The van der Waals surface area contributed by atoms with Gasteiger partial charge >= 0.3 is 11.8 Å². The van der Waals surface area contributed by atoms with Gasteiger partial charge in [0, 0.05) is 13.0 Å². The van der Waals surface area contributed by atoms with E-state index in [2.05, 4.69) is 10.3 Å². The average Bonchev–Trinajstić information content (AvgIpc) is 2.72. The smallest absolute Gasteiger partial charge is 0.381 e. The van der Waals surface area contributed by atoms with Crippen LogP contribution in [0.2, 0.25) is 0 Å². The second-order valence-corrected chi connectivity index (χ2v) is 3.15. The molecule has 1 rings (SSSR count). The van der Waals surface area contributed by atoms with Crippen LogP contribution in [0, 0.1) is 10.1 Å². The Morgan fingerprint density at radius 3 is 2.82 bits per heavy atom. The van der Waals surface area contributed by atoms with Gasteiger partial charge in [0.05, 0.1) is 0 Å². The van der Waals surface area contributed by atoms with Gasteiger partial charge in [0.2, 0.25) is 12.2 Å². The summed E-state index contributed by atoms with van der Waals surface area (Å²) < 4.78 is 1.39. The third kappa shape index (κ3) is 4.28. The summed E-state index contributed by atoms with van der Waals surface area (Å²) in [6.07, 6.45) is 2.47. The molecule has 1 aromatic rings. The number of imidazole rings is 1. The predicted octanol–water partition coefficient (Wildman–Crippen LogP) is -0.618. The summed E-state index contributed by atoms with van der Waals surface area (Å²) in [4.78, 5) is 34.5. The van der Waals surface area contributed by atoms with Crippen LogP contribution in [-0.4, -0.2) is 38.0 Å². The zero-order valence-corrected chi connectivity index (χ0v) is 8.70. The van der Waals surface area contributed by atoms with E-state index in [9.17, 15) is 19.7 Å². The van der Waals surface area contributed by atoms with Gasteiger partial charge in [0.15, 0.2) is 0 Å². The number of carboxylic acids is 1. The molecule has 0 aliphatic carbocycles. The zero-order chi connectivity index (χ0) is 12.8. The molecule has 0 saturated carbocycles. The minimum Gasteiger partial charge on any atom is -0.480 e. The van der Waals surface area contributed by atoms with Gasteiger partial charge in [0.1, 0.15) is 12.7 Å². The number of rotatable bonds is 6. The molecule has 9 heteroatoms. The van der Waals surface area contributed by atoms with Crippen LogP contribution in [0.25, 0.3) is 0 Å². The minimum atomic E-state index is -1.13. The number of nitrogens with zero attached hydrogens (tertiary/aromatic N) is 3. The Balaban J connectivity index is 2.36. The Hall–Kier alpha value is -2.45. The normalized spacial score (nSPS) is 9.88. The minimum absolute atomic E-state index is 0.0286. The van der Waals surface area contributed by atoms with Gasteiger partial charge in [-0.2, -0.15) is 0 Å². The Bertz CT molecular complexity index is 441. The molecule has 1 aromatic heterocycles. The number of aryl methyl sites for hydroxylation is 1. The number of hydrogen-bond donors (Lipinski definition) is 2. The Morgan fingerprint density at radius 1 is 1.59 bits per heavy atom. The largest absolute Gasteiger partial charge is 0.480 e. The average molecular weight is 242 g/mol. The van der Waals surface area contributed by atoms with Crippen molar-refractivity contribution < 1.29 is 19.6 Å². The van der Waals surface area contributed by atoms with Crippen LogP contribution < -0.4 is 5.32 Å². The molecule has 0 spiro atoms. The second kappa shape index (κ2) is 5.58. The number of carbonyl (C=O) groups is 2. The Morgan fingerprint density at radius 2 is 2.29 bits per heavy atom. The zero-order valence-electron chi connectivity index (χ0n) is 8.70. The predicted molar refractivity (Wildman–Crippen MR) is 54.1 cm³/mol. The number of carboxylic acid groups (broad SMARTS) is 1. The van der Waals surface area contributed by atoms with E-state index in [1.807, 2.05) is 0 Å². The fourth-order valence-corrected chi connectivity index (χ4v) is 1.06. The van der Waals surface area contributed by atoms with E-state index in [0.717, 1.165) is 0 Å². The van der Waals surface area contributed by atoms with E-state index in [1.54, 1.807) is 0 Å². The molecule has 0 aliphatic rings. The van der Waals surface area contributed by atoms with Gasteiger partial charge in [0.25, 0.3) is 0 Å². The summed E-state index contributed by atoms with van der Waals surface area (Å²) in [6.45, 7) is -0.241. The van der Waals surface area contributed by atoms with E-state index < -0.39 is 23.3 Å². The molecule has 0 saturated heterocycles. The third-order valence-electron chi connectivity index (χ3n) is 1.84. The van der Waals surface area contributed by atoms with Crippen LogP contribution in [0.1, 0.15) is 6.42 Å². The van der Waals surface area contributed by atoms with Gasteiger partial charge in [-0.15, -0.1) is 0 Å². The molecule has 92 valence electrons. The molecule has 17 heavy (non-hydrogen) atoms. The molecular formula is C8H10N4O5. The van der Waals surface area contributed by atoms with Crippen molar-refractivity contribution >= 4 is 17.7 Å². The fourth-order valence-electron chi connectivity index (χ4n) is 1.06. The number of nitrogens with one attached hydrogen (secondary N) is 1. The lowest BCUT2D eigenvalue weighted by atomic mass is 10.4. The maximum atomic E-state index is 11.1. The summed E-state index contributed by atoms with van der Waals surface area (Å²) in [5.41, 5.74) is 0. The summed E-state index contributed by atoms with van der Waals surface area (Å²) >= 11 is 0. The van der Waals surface area contributed by atoms with E-state index >= 15 is 0 Å². The molecule has 2 N–H and O–H groups in total. The lowest BCUT2D eigenvalue weighted by molar-refractivity contribution is -0.389. The van der Waals surface area contributed by atoms with Crippen molar-refractivity contribution in [3.8, 4) is 0 Å². The van der Waals surface area contributed by atoms with Crippen LogP contribution in [0.5, 0.6) is 0 Å². The summed E-state index contributed by atoms with van der Waals surface area (Å²) in [5, 5.41) is 20.8. The molecule has 0 bridgehead atoms. The van der Waals surface area contributed by atoms with Crippen molar-refractivity contribution in [1.29, 1.82) is 0 Å². The fraction of sp³-hybridized carbons (Fsp3) is 0.375. The number of amides is 1. The molecule has 9 nitrogen and oxygen atoms in total. The van der Waals surface area contributed by atoms with Crippen molar-refractivity contribution in [2.75, 3.05) is 6.54 Å². The SMILES string of the molecule is O=C(O)CNC(=O)CCn1cnc([N+](=O)[O-])c1. The highest BCUT2D eigenvalue weighted by Gasteiger charge is 2.10. The summed E-state index contributed by atoms with van der Waals surface area (Å²) in [7, 11) is 0. The van der Waals surface area contributed by atoms with Gasteiger partial charge in [-0.3, -0.25) is 9.59 Å². The number of nitro groups is 1. The standard InChI is InChI=1S/C8H10N4O5/c13-7(9-3-8(14)15)1-2-11-4-6(10-5-11)12(16)17/h4-5H,1-3H2,(H,9,13)(H,14,15). The van der Waals surface area contributed by atoms with Crippen molar-refractivity contribution in [2.45, 2.75) is 13.0 Å². The van der Waals surface area contributed by atoms with Gasteiger partial charge in [-0.25, -0.2) is 0 Å². The van der Waals surface area contributed by atoms with E-state index in [4.69, 9.17) is 5.11 Å². The van der Waals surface area contributed by atoms with Crippen LogP contribution in [-0.2, 0) is 16.1 Å².